The third-order valence-electron chi connectivity index (χ3n) is 7.49. The van der Waals surface area contributed by atoms with Crippen LogP contribution in [0.4, 0.5) is 19.7 Å². The Bertz CT molecular complexity index is 1690. The van der Waals surface area contributed by atoms with Gasteiger partial charge in [0.2, 0.25) is 16.0 Å². The van der Waals surface area contributed by atoms with Gasteiger partial charge in [0.25, 0.3) is 11.8 Å². The van der Waals surface area contributed by atoms with Crippen molar-refractivity contribution in [3.8, 4) is 5.75 Å². The number of carbonyl (C=O) groups excluding carboxylic acids is 2. The Kier molecular flexibility index (Phi) is 8.61. The van der Waals surface area contributed by atoms with E-state index in [9.17, 15) is 18.4 Å². The van der Waals surface area contributed by atoms with E-state index in [1.165, 1.54) is 11.3 Å². The predicted molar refractivity (Wildman–Crippen MR) is 162 cm³/mol. The number of aryl methyl sites for hydroxylation is 2. The molecular weight excluding hydrogens is 604 g/mol. The van der Waals surface area contributed by atoms with Crippen LogP contribution in [0.2, 0.25) is 0 Å². The van der Waals surface area contributed by atoms with E-state index in [-0.39, 0.29) is 42.0 Å². The second-order valence-corrected chi connectivity index (χ2v) is 12.2. The summed E-state index contributed by atoms with van der Waals surface area (Å²) in [7, 11) is 0. The van der Waals surface area contributed by atoms with Crippen molar-refractivity contribution in [2.45, 2.75) is 64.0 Å². The van der Waals surface area contributed by atoms with Crippen molar-refractivity contribution in [3.63, 3.8) is 0 Å². The number of nitrogens with zero attached hydrogens (tertiary/aromatic N) is 7. The summed E-state index contributed by atoms with van der Waals surface area (Å²) in [5.74, 6) is -2.49. The van der Waals surface area contributed by atoms with E-state index in [1.807, 2.05) is 31.2 Å². The Labute approximate surface area is 261 Å². The SMILES string of the molecule is Cc1cccc(CNC(=O)c2nnc(N3CCC(c4ccc(NC(=O)Cc5cc(OC6CC(F)(F)C6)cc(C)n5)nn4)C3)s2)n1. The van der Waals surface area contributed by atoms with Crippen molar-refractivity contribution in [3.05, 3.63) is 75.9 Å². The molecule has 0 spiro atoms. The smallest absolute Gasteiger partial charge is 0.282 e. The first kappa shape index (κ1) is 30.4. The second kappa shape index (κ2) is 12.8. The van der Waals surface area contributed by atoms with Gasteiger partial charge in [-0.1, -0.05) is 17.4 Å². The monoisotopic (exact) mass is 635 g/mol. The summed E-state index contributed by atoms with van der Waals surface area (Å²) in [6.07, 6.45) is -0.383. The van der Waals surface area contributed by atoms with Crippen LogP contribution in [0, 0.1) is 13.8 Å². The summed E-state index contributed by atoms with van der Waals surface area (Å²) in [5.41, 5.74) is 3.53. The molecule has 234 valence electrons. The molecule has 1 atom stereocenters. The quantitative estimate of drug-likeness (QED) is 0.262. The zero-order chi connectivity index (χ0) is 31.6. The number of hydrogen-bond acceptors (Lipinski definition) is 11. The molecular formula is C30H31F2N9O3S. The zero-order valence-corrected chi connectivity index (χ0v) is 25.5. The lowest BCUT2D eigenvalue weighted by Gasteiger charge is -2.34. The van der Waals surface area contributed by atoms with Gasteiger partial charge in [0.05, 0.1) is 30.0 Å². The van der Waals surface area contributed by atoms with Crippen LogP contribution in [0.3, 0.4) is 0 Å². The topological polar surface area (TPSA) is 148 Å². The number of alkyl halides is 2. The summed E-state index contributed by atoms with van der Waals surface area (Å²) in [4.78, 5) is 36.1. The summed E-state index contributed by atoms with van der Waals surface area (Å²) in [5, 5.41) is 23.4. The average molecular weight is 636 g/mol. The van der Waals surface area contributed by atoms with Crippen LogP contribution in [0.25, 0.3) is 0 Å². The standard InChI is InChI=1S/C30H31F2N9O3S/c1-17-4-3-5-20(34-17)15-33-27(43)28-39-40-29(45-28)41-9-8-19(16-41)24-6-7-25(38-37-24)36-26(42)12-21-11-22(10-18(2)35-21)44-23-13-30(31,32)14-23/h3-7,10-11,19,23H,8-9,12-16H2,1-2H3,(H,33,43)(H,36,38,42). The Morgan fingerprint density at radius 1 is 1.02 bits per heavy atom. The fourth-order valence-corrected chi connectivity index (χ4v) is 6.07. The molecule has 45 heavy (non-hydrogen) atoms. The molecule has 2 aliphatic rings. The van der Waals surface area contributed by atoms with E-state index < -0.39 is 12.0 Å². The minimum atomic E-state index is -2.67. The van der Waals surface area contributed by atoms with Gasteiger partial charge < -0.3 is 20.3 Å². The van der Waals surface area contributed by atoms with E-state index in [2.05, 4.69) is 45.9 Å². The number of amides is 2. The highest BCUT2D eigenvalue weighted by Gasteiger charge is 2.47. The minimum absolute atomic E-state index is 0.0371. The summed E-state index contributed by atoms with van der Waals surface area (Å²) >= 11 is 1.24. The fraction of sp³-hybridized carbons (Fsp3) is 0.400. The van der Waals surface area contributed by atoms with Crippen LogP contribution in [-0.4, -0.2) is 67.3 Å². The van der Waals surface area contributed by atoms with Crippen LogP contribution in [0.1, 0.15) is 63.5 Å². The lowest BCUT2D eigenvalue weighted by molar-refractivity contribution is -0.134. The van der Waals surface area contributed by atoms with Gasteiger partial charge in [-0.05, 0) is 44.5 Å². The molecule has 5 heterocycles. The number of halogens is 2. The van der Waals surface area contributed by atoms with E-state index in [0.717, 1.165) is 30.0 Å². The van der Waals surface area contributed by atoms with Crippen LogP contribution < -0.4 is 20.3 Å². The van der Waals surface area contributed by atoms with Gasteiger partial charge in [0.15, 0.2) is 5.82 Å². The first-order valence-corrected chi connectivity index (χ1v) is 15.3. The number of carbonyl (C=O) groups is 2. The molecule has 12 nitrogen and oxygen atoms in total. The largest absolute Gasteiger partial charge is 0.490 e. The Morgan fingerprint density at radius 2 is 1.84 bits per heavy atom. The highest BCUT2D eigenvalue weighted by Crippen LogP contribution is 2.40. The number of ether oxygens (including phenoxy) is 1. The molecule has 4 aromatic rings. The summed E-state index contributed by atoms with van der Waals surface area (Å²) < 4.78 is 31.9. The van der Waals surface area contributed by atoms with E-state index in [4.69, 9.17) is 4.74 Å². The van der Waals surface area contributed by atoms with Gasteiger partial charge in [0, 0.05) is 55.4 Å². The number of hydrogen-bond donors (Lipinski definition) is 2. The maximum absolute atomic E-state index is 13.1. The Hall–Kier alpha value is -4.66. The van der Waals surface area contributed by atoms with Gasteiger partial charge in [-0.25, -0.2) is 8.78 Å². The minimum Gasteiger partial charge on any atom is -0.490 e. The van der Waals surface area contributed by atoms with Crippen molar-refractivity contribution in [1.29, 1.82) is 0 Å². The molecule has 2 N–H and O–H groups in total. The Balaban J connectivity index is 0.985. The van der Waals surface area contributed by atoms with E-state index >= 15 is 0 Å². The lowest BCUT2D eigenvalue weighted by Crippen LogP contribution is -2.43. The zero-order valence-electron chi connectivity index (χ0n) is 24.7. The molecule has 2 fully saturated rings. The maximum Gasteiger partial charge on any atom is 0.282 e. The van der Waals surface area contributed by atoms with Gasteiger partial charge in [-0.3, -0.25) is 19.6 Å². The molecule has 0 bridgehead atoms. The summed E-state index contributed by atoms with van der Waals surface area (Å²) in [6, 6.07) is 12.4. The van der Waals surface area contributed by atoms with Gasteiger partial charge in [-0.15, -0.1) is 15.3 Å². The van der Waals surface area contributed by atoms with Crippen molar-refractivity contribution >= 4 is 34.1 Å². The first-order valence-electron chi connectivity index (χ1n) is 14.5. The molecule has 6 rings (SSSR count). The molecule has 0 aromatic carbocycles. The number of pyridine rings is 2. The summed E-state index contributed by atoms with van der Waals surface area (Å²) in [6.45, 7) is 5.33. The average Bonchev–Trinajstić information content (AvgIpc) is 3.66. The van der Waals surface area contributed by atoms with Crippen molar-refractivity contribution in [2.24, 2.45) is 0 Å². The number of aromatic nitrogens is 6. The molecule has 1 unspecified atom stereocenters. The predicted octanol–water partition coefficient (Wildman–Crippen LogP) is 4.02. The van der Waals surface area contributed by atoms with Crippen LogP contribution in [0.5, 0.6) is 5.75 Å². The first-order chi connectivity index (χ1) is 21.6. The maximum atomic E-state index is 13.1. The molecule has 2 amide bonds. The molecule has 1 saturated carbocycles. The van der Waals surface area contributed by atoms with Crippen LogP contribution in [-0.2, 0) is 17.8 Å². The molecule has 1 aliphatic heterocycles. The van der Waals surface area contributed by atoms with Crippen LogP contribution >= 0.6 is 11.3 Å². The number of nitrogens with one attached hydrogen (secondary N) is 2. The fourth-order valence-electron chi connectivity index (χ4n) is 5.28. The van der Waals surface area contributed by atoms with Crippen molar-refractivity contribution in [2.75, 3.05) is 23.3 Å². The van der Waals surface area contributed by atoms with Gasteiger partial charge in [0.1, 0.15) is 11.9 Å². The lowest BCUT2D eigenvalue weighted by atomic mass is 9.91. The molecule has 15 heteroatoms. The van der Waals surface area contributed by atoms with E-state index in [1.54, 1.807) is 25.1 Å². The Morgan fingerprint density at radius 3 is 2.60 bits per heavy atom. The number of anilines is 2. The highest BCUT2D eigenvalue weighted by molar-refractivity contribution is 7.17. The third-order valence-corrected chi connectivity index (χ3v) is 8.47. The van der Waals surface area contributed by atoms with Gasteiger partial charge >= 0.3 is 0 Å². The molecule has 4 aromatic heterocycles. The molecule has 0 radical (unpaired) electrons. The van der Waals surface area contributed by atoms with Gasteiger partial charge in [-0.2, -0.15) is 5.10 Å². The number of rotatable bonds is 10. The van der Waals surface area contributed by atoms with Crippen molar-refractivity contribution < 1.29 is 23.1 Å². The normalized spacial score (nSPS) is 17.5. The molecule has 1 saturated heterocycles. The molecule has 1 aliphatic carbocycles. The second-order valence-electron chi connectivity index (χ2n) is 11.3. The third kappa shape index (κ3) is 7.71. The highest BCUT2D eigenvalue weighted by atomic mass is 32.1. The van der Waals surface area contributed by atoms with E-state index in [0.29, 0.717) is 41.2 Å². The van der Waals surface area contributed by atoms with Crippen molar-refractivity contribution in [1.82, 2.24) is 35.7 Å². The van der Waals surface area contributed by atoms with Crippen LogP contribution in [0.15, 0.2) is 42.5 Å².